The maximum atomic E-state index is 3.57. The highest BCUT2D eigenvalue weighted by molar-refractivity contribution is 6.40. The molecule has 0 heterocycles. The molecular formula is C12H30N2Si. The van der Waals surface area contributed by atoms with Crippen LogP contribution in [-0.4, -0.2) is 28.8 Å². The molecule has 0 saturated carbocycles. The highest BCUT2D eigenvalue weighted by atomic mass is 28.2. The molecule has 0 amide bonds. The third-order valence-electron chi connectivity index (χ3n) is 2.96. The molecule has 0 aromatic heterocycles. The van der Waals surface area contributed by atoms with Gasteiger partial charge in [-0.05, 0) is 24.0 Å². The molecule has 0 unspecified atom stereocenters. The third-order valence-corrected chi connectivity index (χ3v) is 6.10. The minimum atomic E-state index is -0.0213. The fourth-order valence-electron chi connectivity index (χ4n) is 1.84. The van der Waals surface area contributed by atoms with Gasteiger partial charge in [-0.25, -0.2) is 0 Å². The molecule has 0 bridgehead atoms. The third kappa shape index (κ3) is 6.33. The van der Waals surface area contributed by atoms with Gasteiger partial charge in [0.15, 0.2) is 0 Å². The van der Waals surface area contributed by atoms with Crippen molar-refractivity contribution in [3.05, 3.63) is 0 Å². The van der Waals surface area contributed by atoms with Crippen LogP contribution in [0.2, 0.25) is 11.1 Å². The molecule has 0 aliphatic heterocycles. The largest absolute Gasteiger partial charge is 0.302 e. The van der Waals surface area contributed by atoms with Crippen molar-refractivity contribution in [1.82, 2.24) is 10.6 Å². The second-order valence-corrected chi connectivity index (χ2v) is 8.37. The van der Waals surface area contributed by atoms with Gasteiger partial charge in [-0.1, -0.05) is 47.6 Å². The fourth-order valence-corrected chi connectivity index (χ4v) is 3.74. The van der Waals surface area contributed by atoms with Crippen molar-refractivity contribution in [2.24, 2.45) is 5.92 Å². The average Bonchev–Trinajstić information content (AvgIpc) is 2.15. The van der Waals surface area contributed by atoms with Gasteiger partial charge in [-0.2, -0.15) is 0 Å². The summed E-state index contributed by atoms with van der Waals surface area (Å²) in [6, 6.07) is 1.44. The molecule has 0 aliphatic carbocycles. The van der Waals surface area contributed by atoms with E-state index >= 15 is 0 Å². The molecule has 3 heteroatoms. The Morgan fingerprint density at radius 2 is 1.53 bits per heavy atom. The average molecular weight is 230 g/mol. The summed E-state index contributed by atoms with van der Waals surface area (Å²) in [6.07, 6.45) is 0.498. The molecule has 0 aromatic rings. The second-order valence-electron chi connectivity index (χ2n) is 5.47. The van der Waals surface area contributed by atoms with Crippen molar-refractivity contribution < 1.29 is 0 Å². The lowest BCUT2D eigenvalue weighted by Gasteiger charge is -2.36. The van der Waals surface area contributed by atoms with Gasteiger partial charge in [0.05, 0.1) is 6.17 Å². The standard InChI is InChI=1S/C12H30N2Si/c1-7-13-11(14-8-2)12(5,6)15-9-10(3)4/h10-11,13-14H,7-9,15H2,1-6H3. The molecule has 0 aliphatic rings. The van der Waals surface area contributed by atoms with Crippen LogP contribution in [0.5, 0.6) is 0 Å². The molecule has 15 heavy (non-hydrogen) atoms. The Labute approximate surface area is 98.4 Å². The number of rotatable bonds is 8. The summed E-state index contributed by atoms with van der Waals surface area (Å²) in [5.41, 5.74) is 0. The Morgan fingerprint density at radius 3 is 1.87 bits per heavy atom. The van der Waals surface area contributed by atoms with Gasteiger partial charge in [0.1, 0.15) is 0 Å². The van der Waals surface area contributed by atoms with Gasteiger partial charge in [0, 0.05) is 9.52 Å². The minimum Gasteiger partial charge on any atom is -0.302 e. The monoisotopic (exact) mass is 230 g/mol. The molecule has 0 aromatic carbocycles. The molecule has 0 fully saturated rings. The Kier molecular flexibility index (Phi) is 7.48. The van der Waals surface area contributed by atoms with E-state index in [1.165, 1.54) is 6.04 Å². The van der Waals surface area contributed by atoms with Crippen molar-refractivity contribution >= 4 is 9.52 Å². The van der Waals surface area contributed by atoms with Gasteiger partial charge < -0.3 is 10.6 Å². The lowest BCUT2D eigenvalue weighted by Crippen LogP contribution is -2.50. The molecule has 2 N–H and O–H groups in total. The summed E-state index contributed by atoms with van der Waals surface area (Å²) >= 11 is 0. The van der Waals surface area contributed by atoms with Crippen molar-refractivity contribution in [2.45, 2.75) is 58.8 Å². The van der Waals surface area contributed by atoms with Crippen molar-refractivity contribution in [3.8, 4) is 0 Å². The van der Waals surface area contributed by atoms with Gasteiger partial charge in [0.25, 0.3) is 0 Å². The van der Waals surface area contributed by atoms with Crippen molar-refractivity contribution in [1.29, 1.82) is 0 Å². The van der Waals surface area contributed by atoms with Crippen LogP contribution in [0.1, 0.15) is 41.5 Å². The Morgan fingerprint density at radius 1 is 1.07 bits per heavy atom. The zero-order valence-electron chi connectivity index (χ0n) is 11.5. The van der Waals surface area contributed by atoms with Crippen LogP contribution >= 0.6 is 0 Å². The van der Waals surface area contributed by atoms with Crippen LogP contribution in [-0.2, 0) is 0 Å². The van der Waals surface area contributed by atoms with Gasteiger partial charge in [-0.3, -0.25) is 0 Å². The van der Waals surface area contributed by atoms with Crippen LogP contribution in [0.25, 0.3) is 0 Å². The SMILES string of the molecule is CCNC(NCC)C(C)(C)[SiH2]CC(C)C. The normalized spacial score (nSPS) is 13.6. The van der Waals surface area contributed by atoms with Gasteiger partial charge in [0.2, 0.25) is 0 Å². The Hall–Kier alpha value is 0.137. The van der Waals surface area contributed by atoms with E-state index in [1.54, 1.807) is 0 Å². The van der Waals surface area contributed by atoms with E-state index in [1.807, 2.05) is 0 Å². The molecule has 0 rings (SSSR count). The van der Waals surface area contributed by atoms with E-state index in [0.29, 0.717) is 11.2 Å². The first-order valence-corrected chi connectivity index (χ1v) is 8.11. The second kappa shape index (κ2) is 7.42. The van der Waals surface area contributed by atoms with E-state index in [4.69, 9.17) is 0 Å². The topological polar surface area (TPSA) is 24.1 Å². The van der Waals surface area contributed by atoms with E-state index < -0.39 is 0 Å². The zero-order chi connectivity index (χ0) is 11.9. The first-order chi connectivity index (χ1) is 6.94. The summed E-state index contributed by atoms with van der Waals surface area (Å²) < 4.78 is 0. The molecule has 92 valence electrons. The molecule has 0 atom stereocenters. The molecule has 0 saturated heterocycles. The minimum absolute atomic E-state index is 0.0213. The highest BCUT2D eigenvalue weighted by Gasteiger charge is 2.28. The molecular weight excluding hydrogens is 200 g/mol. The van der Waals surface area contributed by atoms with Gasteiger partial charge in [-0.15, -0.1) is 0 Å². The van der Waals surface area contributed by atoms with E-state index in [-0.39, 0.29) is 9.52 Å². The maximum absolute atomic E-state index is 3.57. The Bertz CT molecular complexity index is 152. The lowest BCUT2D eigenvalue weighted by molar-refractivity contribution is 0.357. The quantitative estimate of drug-likeness (QED) is 0.492. The smallest absolute Gasteiger partial charge is 0.0593 e. The van der Waals surface area contributed by atoms with Crippen LogP contribution in [0.15, 0.2) is 0 Å². The number of hydrogen-bond acceptors (Lipinski definition) is 2. The van der Waals surface area contributed by atoms with E-state index in [9.17, 15) is 0 Å². The van der Waals surface area contributed by atoms with Crippen molar-refractivity contribution in [3.63, 3.8) is 0 Å². The van der Waals surface area contributed by atoms with Gasteiger partial charge >= 0.3 is 0 Å². The predicted molar refractivity (Wildman–Crippen MR) is 73.4 cm³/mol. The summed E-state index contributed by atoms with van der Waals surface area (Å²) in [7, 11) is -0.0213. The van der Waals surface area contributed by atoms with Crippen molar-refractivity contribution in [2.75, 3.05) is 13.1 Å². The molecule has 0 radical (unpaired) electrons. The summed E-state index contributed by atoms with van der Waals surface area (Å²) in [5, 5.41) is 7.61. The summed E-state index contributed by atoms with van der Waals surface area (Å²) in [5.74, 6) is 0.861. The lowest BCUT2D eigenvalue weighted by atomic mass is 10.1. The number of nitrogens with one attached hydrogen (secondary N) is 2. The predicted octanol–water partition coefficient (Wildman–Crippen LogP) is 1.97. The molecule has 0 spiro atoms. The van der Waals surface area contributed by atoms with Crippen LogP contribution in [0, 0.1) is 5.92 Å². The maximum Gasteiger partial charge on any atom is 0.0593 e. The van der Waals surface area contributed by atoms with Crippen LogP contribution < -0.4 is 10.6 Å². The van der Waals surface area contributed by atoms with Crippen LogP contribution in [0.3, 0.4) is 0 Å². The molecule has 2 nitrogen and oxygen atoms in total. The number of hydrogen-bond donors (Lipinski definition) is 2. The first-order valence-electron chi connectivity index (χ1n) is 6.40. The van der Waals surface area contributed by atoms with E-state index in [2.05, 4.69) is 52.2 Å². The summed E-state index contributed by atoms with van der Waals surface area (Å²) in [4.78, 5) is 0. The highest BCUT2D eigenvalue weighted by Crippen LogP contribution is 2.28. The first kappa shape index (κ1) is 15.1. The summed E-state index contributed by atoms with van der Waals surface area (Å²) in [6.45, 7) is 16.0. The van der Waals surface area contributed by atoms with Crippen LogP contribution in [0.4, 0.5) is 0 Å². The zero-order valence-corrected chi connectivity index (χ0v) is 12.9. The fraction of sp³-hybridized carbons (Fsp3) is 1.00. The Balaban J connectivity index is 4.20. The van der Waals surface area contributed by atoms with E-state index in [0.717, 1.165) is 19.0 Å².